The number of benzene rings is 2. The van der Waals surface area contributed by atoms with Crippen LogP contribution in [0.5, 0.6) is 5.75 Å². The molecule has 1 aromatic heterocycles. The van der Waals surface area contributed by atoms with Crippen molar-refractivity contribution in [2.24, 2.45) is 0 Å². The van der Waals surface area contributed by atoms with E-state index in [9.17, 15) is 18.0 Å². The molecule has 0 unspecified atom stereocenters. The third-order valence-electron chi connectivity index (χ3n) is 6.15. The number of anilines is 1. The molecule has 0 radical (unpaired) electrons. The number of amides is 1. The second-order valence-electron chi connectivity index (χ2n) is 8.63. The van der Waals surface area contributed by atoms with E-state index in [4.69, 9.17) is 23.7 Å². The van der Waals surface area contributed by atoms with Crippen LogP contribution in [0.3, 0.4) is 0 Å². The minimum atomic E-state index is -4.75. The number of carbonyl (C=O) groups is 1. The van der Waals surface area contributed by atoms with Gasteiger partial charge in [-0.2, -0.15) is 0 Å². The van der Waals surface area contributed by atoms with Crippen LogP contribution in [-0.4, -0.2) is 74.0 Å². The Morgan fingerprint density at radius 3 is 2.18 bits per heavy atom. The predicted octanol–water partition coefficient (Wildman–Crippen LogP) is 4.78. The molecule has 2 heterocycles. The minimum Gasteiger partial charge on any atom is -0.416 e. The standard InChI is InChI=1S/C26H28F3N3O7/c1-15-21(34-2)22(35-3)23(36-4)24(37-15)38-25(33)31-17-7-5-16(6-8-17)20-13-32(14-30-20)18-9-11-19(12-10-18)39-26(27,28)29/h5-15,21-24H,1-4H3,(H,31,33)/t15-,21-,22+,23+,24-/m0/s1. The first-order valence-electron chi connectivity index (χ1n) is 11.8. The third kappa shape index (κ3) is 6.87. The van der Waals surface area contributed by atoms with Crippen molar-refractivity contribution in [3.63, 3.8) is 0 Å². The van der Waals surface area contributed by atoms with E-state index >= 15 is 0 Å². The summed E-state index contributed by atoms with van der Waals surface area (Å²) in [5.74, 6) is -0.312. The van der Waals surface area contributed by atoms with E-state index in [0.717, 1.165) is 5.56 Å². The van der Waals surface area contributed by atoms with Crippen molar-refractivity contribution >= 4 is 11.8 Å². The molecule has 1 aliphatic heterocycles. The van der Waals surface area contributed by atoms with Gasteiger partial charge in [-0.15, -0.1) is 13.2 Å². The lowest BCUT2D eigenvalue weighted by Crippen LogP contribution is -2.59. The van der Waals surface area contributed by atoms with Crippen molar-refractivity contribution in [3.05, 3.63) is 61.1 Å². The molecule has 3 aromatic rings. The fourth-order valence-electron chi connectivity index (χ4n) is 4.32. The summed E-state index contributed by atoms with van der Waals surface area (Å²) in [7, 11) is 4.53. The molecule has 10 nitrogen and oxygen atoms in total. The van der Waals surface area contributed by atoms with E-state index in [-0.39, 0.29) is 5.75 Å². The smallest absolute Gasteiger partial charge is 0.416 e. The average Bonchev–Trinajstić information content (AvgIpc) is 3.38. The Hall–Kier alpha value is -3.65. The highest BCUT2D eigenvalue weighted by Gasteiger charge is 2.47. The molecule has 1 aliphatic rings. The molecular formula is C26H28F3N3O7. The highest BCUT2D eigenvalue weighted by molar-refractivity contribution is 5.85. The molecule has 0 spiro atoms. The lowest BCUT2D eigenvalue weighted by Gasteiger charge is -2.43. The lowest BCUT2D eigenvalue weighted by atomic mass is 9.99. The van der Waals surface area contributed by atoms with Crippen LogP contribution in [0.15, 0.2) is 61.1 Å². The number of hydrogen-bond acceptors (Lipinski definition) is 8. The van der Waals surface area contributed by atoms with Crippen molar-refractivity contribution < 1.29 is 46.4 Å². The topological polar surface area (TPSA) is 102 Å². The molecule has 4 rings (SSSR count). The van der Waals surface area contributed by atoms with Gasteiger partial charge in [-0.1, -0.05) is 12.1 Å². The number of hydrogen-bond donors (Lipinski definition) is 1. The summed E-state index contributed by atoms with van der Waals surface area (Å²) in [5, 5.41) is 2.65. The van der Waals surface area contributed by atoms with Crippen LogP contribution in [0, 0.1) is 0 Å². The molecule has 1 saturated heterocycles. The van der Waals surface area contributed by atoms with E-state index in [1.54, 1.807) is 49.1 Å². The van der Waals surface area contributed by atoms with Gasteiger partial charge in [0.05, 0.1) is 18.1 Å². The number of halogens is 3. The largest absolute Gasteiger partial charge is 0.573 e. The monoisotopic (exact) mass is 551 g/mol. The zero-order chi connectivity index (χ0) is 28.2. The van der Waals surface area contributed by atoms with Crippen molar-refractivity contribution in [1.82, 2.24) is 9.55 Å². The van der Waals surface area contributed by atoms with Gasteiger partial charge in [0.15, 0.2) is 0 Å². The van der Waals surface area contributed by atoms with Crippen LogP contribution in [0.4, 0.5) is 23.7 Å². The molecule has 0 bridgehead atoms. The van der Waals surface area contributed by atoms with E-state index in [1.165, 1.54) is 44.8 Å². The highest BCUT2D eigenvalue weighted by atomic mass is 19.4. The Bertz CT molecular complexity index is 1230. The maximum absolute atomic E-state index is 12.6. The Morgan fingerprint density at radius 1 is 0.949 bits per heavy atom. The van der Waals surface area contributed by atoms with Crippen LogP contribution in [0.2, 0.25) is 0 Å². The van der Waals surface area contributed by atoms with Gasteiger partial charge in [0.25, 0.3) is 0 Å². The molecule has 0 aliphatic carbocycles. The van der Waals surface area contributed by atoms with E-state index in [0.29, 0.717) is 17.1 Å². The van der Waals surface area contributed by atoms with E-state index in [1.807, 2.05) is 0 Å². The molecule has 13 heteroatoms. The van der Waals surface area contributed by atoms with Gasteiger partial charge in [-0.25, -0.2) is 9.78 Å². The predicted molar refractivity (Wildman–Crippen MR) is 133 cm³/mol. The number of alkyl halides is 3. The summed E-state index contributed by atoms with van der Waals surface area (Å²) >= 11 is 0. The van der Waals surface area contributed by atoms with Gasteiger partial charge in [0.1, 0.15) is 24.1 Å². The van der Waals surface area contributed by atoms with Crippen LogP contribution in [0.25, 0.3) is 16.9 Å². The number of rotatable bonds is 8. The number of methoxy groups -OCH3 is 3. The highest BCUT2D eigenvalue weighted by Crippen LogP contribution is 2.29. The normalized spacial score (nSPS) is 23.3. The van der Waals surface area contributed by atoms with Crippen LogP contribution in [0.1, 0.15) is 6.92 Å². The van der Waals surface area contributed by atoms with E-state index in [2.05, 4.69) is 15.0 Å². The number of imidazole rings is 1. The summed E-state index contributed by atoms with van der Waals surface area (Å²) in [5.41, 5.74) is 2.44. The Labute approximate surface area is 222 Å². The minimum absolute atomic E-state index is 0.312. The van der Waals surface area contributed by atoms with Crippen molar-refractivity contribution in [3.8, 4) is 22.7 Å². The number of aromatic nitrogens is 2. The fraction of sp³-hybridized carbons (Fsp3) is 0.385. The molecule has 39 heavy (non-hydrogen) atoms. The van der Waals surface area contributed by atoms with Gasteiger partial charge >= 0.3 is 12.5 Å². The van der Waals surface area contributed by atoms with Crippen molar-refractivity contribution in [1.29, 1.82) is 0 Å². The molecule has 1 N–H and O–H groups in total. The summed E-state index contributed by atoms with van der Waals surface area (Å²) in [4.78, 5) is 16.9. The quantitative estimate of drug-likeness (QED) is 0.427. The molecule has 1 amide bonds. The fourth-order valence-corrected chi connectivity index (χ4v) is 4.32. The third-order valence-corrected chi connectivity index (χ3v) is 6.15. The Kier molecular flexibility index (Phi) is 8.75. The van der Waals surface area contributed by atoms with Crippen molar-refractivity contribution in [2.75, 3.05) is 26.6 Å². The average molecular weight is 552 g/mol. The Balaban J connectivity index is 1.37. The first kappa shape index (κ1) is 28.4. The van der Waals surface area contributed by atoms with Gasteiger partial charge in [-0.05, 0) is 43.3 Å². The first-order chi connectivity index (χ1) is 18.6. The van der Waals surface area contributed by atoms with Gasteiger partial charge in [0, 0.05) is 44.5 Å². The number of nitrogens with one attached hydrogen (secondary N) is 1. The zero-order valence-corrected chi connectivity index (χ0v) is 21.5. The molecule has 2 aromatic carbocycles. The maximum Gasteiger partial charge on any atom is 0.573 e. The number of ether oxygens (including phenoxy) is 6. The van der Waals surface area contributed by atoms with Crippen LogP contribution < -0.4 is 10.1 Å². The second kappa shape index (κ2) is 12.0. The molecule has 0 saturated carbocycles. The molecule has 5 atom stereocenters. The van der Waals surface area contributed by atoms with Gasteiger partial charge < -0.3 is 33.0 Å². The van der Waals surface area contributed by atoms with Crippen LogP contribution in [-0.2, 0) is 23.7 Å². The van der Waals surface area contributed by atoms with Gasteiger partial charge in [-0.3, -0.25) is 5.32 Å². The summed E-state index contributed by atoms with van der Waals surface area (Å²) in [6.07, 6.45) is -5.26. The van der Waals surface area contributed by atoms with Gasteiger partial charge in [0.2, 0.25) is 6.29 Å². The zero-order valence-electron chi connectivity index (χ0n) is 21.5. The summed E-state index contributed by atoms with van der Waals surface area (Å²) < 4.78 is 70.4. The molecule has 210 valence electrons. The van der Waals surface area contributed by atoms with Crippen molar-refractivity contribution in [2.45, 2.75) is 44.0 Å². The SMILES string of the molecule is CO[C@@H]1[C@@H](OC)[C@H](C)O[C@@H](OC(=O)Nc2ccc(-c3cn(-c4ccc(OC(F)(F)F)cc4)cn3)cc2)[C@@H]1OC. The first-order valence-corrected chi connectivity index (χ1v) is 11.8. The van der Waals surface area contributed by atoms with E-state index < -0.39 is 43.2 Å². The lowest BCUT2D eigenvalue weighted by molar-refractivity contribution is -0.288. The molecular weight excluding hydrogens is 523 g/mol. The Morgan fingerprint density at radius 2 is 1.59 bits per heavy atom. The molecule has 1 fully saturated rings. The summed E-state index contributed by atoms with van der Waals surface area (Å²) in [6.45, 7) is 1.79. The maximum atomic E-state index is 12.6. The number of carbonyl (C=O) groups excluding carboxylic acids is 1. The summed E-state index contributed by atoms with van der Waals surface area (Å²) in [6, 6.07) is 12.3. The van der Waals surface area contributed by atoms with Crippen LogP contribution >= 0.6 is 0 Å². The number of nitrogens with zero attached hydrogens (tertiary/aromatic N) is 2. The second-order valence-corrected chi connectivity index (χ2v) is 8.63.